The molecule has 7 nitrogen and oxygen atoms in total. The summed E-state index contributed by atoms with van der Waals surface area (Å²) >= 11 is 4.74. The Bertz CT molecular complexity index is 447. The molecular weight excluding hydrogens is 302 g/mol. The third-order valence-electron chi connectivity index (χ3n) is 3.07. The number of amides is 1. The quantitative estimate of drug-likeness (QED) is 0.596. The molecule has 116 valence electrons. The summed E-state index contributed by atoms with van der Waals surface area (Å²) in [6.07, 6.45) is 0.426. The second-order valence-electron chi connectivity index (χ2n) is 4.48. The van der Waals surface area contributed by atoms with E-state index in [0.717, 1.165) is 0 Å². The van der Waals surface area contributed by atoms with Crippen LogP contribution in [0.3, 0.4) is 0 Å². The number of nitrogens with one attached hydrogen (secondary N) is 1. The lowest BCUT2D eigenvalue weighted by Gasteiger charge is -2.27. The van der Waals surface area contributed by atoms with Gasteiger partial charge in [0.25, 0.3) is 0 Å². The normalized spacial score (nSPS) is 17.8. The lowest BCUT2D eigenvalue weighted by molar-refractivity contribution is -0.135. The average molecular weight is 323 g/mol. The first-order valence-electron chi connectivity index (χ1n) is 6.51. The molecule has 20 heavy (non-hydrogen) atoms. The van der Waals surface area contributed by atoms with E-state index in [1.165, 1.54) is 0 Å². The Morgan fingerprint density at radius 3 is 2.55 bits per heavy atom. The number of carbonyl (C=O) groups is 1. The minimum absolute atomic E-state index is 0.0532. The van der Waals surface area contributed by atoms with Gasteiger partial charge in [0.05, 0.1) is 18.2 Å². The molecule has 1 atom stereocenters. The maximum absolute atomic E-state index is 11.9. The van der Waals surface area contributed by atoms with Gasteiger partial charge in [0.1, 0.15) is 5.25 Å². The zero-order chi connectivity index (χ0) is 15.2. The molecule has 3 N–H and O–H groups in total. The van der Waals surface area contributed by atoms with Crippen LogP contribution >= 0.6 is 12.2 Å². The minimum atomic E-state index is -3.61. The van der Waals surface area contributed by atoms with Gasteiger partial charge in [-0.05, 0) is 6.42 Å². The van der Waals surface area contributed by atoms with Crippen LogP contribution in [0.15, 0.2) is 0 Å². The van der Waals surface area contributed by atoms with Crippen molar-refractivity contribution in [2.24, 2.45) is 5.73 Å². The van der Waals surface area contributed by atoms with Crippen LogP contribution in [0, 0.1) is 0 Å². The van der Waals surface area contributed by atoms with Crippen molar-refractivity contribution >= 4 is 33.1 Å². The van der Waals surface area contributed by atoms with Gasteiger partial charge in [0.2, 0.25) is 15.9 Å². The number of ether oxygens (including phenoxy) is 1. The Morgan fingerprint density at radius 2 is 2.05 bits per heavy atom. The third kappa shape index (κ3) is 4.97. The summed E-state index contributed by atoms with van der Waals surface area (Å²) in [5.74, 6) is -0.0839. The SMILES string of the molecule is CCC(C(N)=S)S(=O)(=O)NCCC(=O)N1CCOCC1. The van der Waals surface area contributed by atoms with Gasteiger partial charge in [-0.1, -0.05) is 19.1 Å². The standard InChI is InChI=1S/C11H21N3O4S2/c1-2-9(11(12)19)20(16,17)13-4-3-10(15)14-5-7-18-8-6-14/h9,13H,2-8H2,1H3,(H2,12,19). The molecule has 1 aliphatic heterocycles. The lowest BCUT2D eigenvalue weighted by atomic mass is 10.3. The largest absolute Gasteiger partial charge is 0.392 e. The molecular formula is C11H21N3O4S2. The molecule has 9 heteroatoms. The Kier molecular flexibility index (Phi) is 6.80. The average Bonchev–Trinajstić information content (AvgIpc) is 2.39. The van der Waals surface area contributed by atoms with Gasteiger partial charge in [0.15, 0.2) is 0 Å². The molecule has 0 aromatic heterocycles. The van der Waals surface area contributed by atoms with Crippen LogP contribution in [0.2, 0.25) is 0 Å². The van der Waals surface area contributed by atoms with Crippen LogP contribution in [0.4, 0.5) is 0 Å². The lowest BCUT2D eigenvalue weighted by Crippen LogP contribution is -2.44. The van der Waals surface area contributed by atoms with Crippen LogP contribution in [0.25, 0.3) is 0 Å². The Labute approximate surface area is 124 Å². The summed E-state index contributed by atoms with van der Waals surface area (Å²) in [5, 5.41) is -0.893. The van der Waals surface area contributed by atoms with Crippen LogP contribution < -0.4 is 10.5 Å². The van der Waals surface area contributed by atoms with Crippen molar-refractivity contribution in [1.29, 1.82) is 0 Å². The van der Waals surface area contributed by atoms with Crippen LogP contribution in [-0.2, 0) is 19.6 Å². The Balaban J connectivity index is 2.42. The molecule has 0 aromatic rings. The van der Waals surface area contributed by atoms with E-state index in [4.69, 9.17) is 22.7 Å². The zero-order valence-electron chi connectivity index (χ0n) is 11.5. The van der Waals surface area contributed by atoms with Crippen LogP contribution in [0.1, 0.15) is 19.8 Å². The van der Waals surface area contributed by atoms with Crippen molar-refractivity contribution in [3.63, 3.8) is 0 Å². The fraction of sp³-hybridized carbons (Fsp3) is 0.818. The summed E-state index contributed by atoms with van der Waals surface area (Å²) in [6, 6.07) is 0. The molecule has 0 aliphatic carbocycles. The topological polar surface area (TPSA) is 102 Å². The highest BCUT2D eigenvalue weighted by Crippen LogP contribution is 2.05. The van der Waals surface area contributed by atoms with Gasteiger partial charge in [0, 0.05) is 26.1 Å². The molecule has 0 aromatic carbocycles. The maximum atomic E-state index is 11.9. The summed E-state index contributed by atoms with van der Waals surface area (Å²) in [5.41, 5.74) is 5.40. The maximum Gasteiger partial charge on any atom is 0.224 e. The van der Waals surface area contributed by atoms with Gasteiger partial charge >= 0.3 is 0 Å². The van der Waals surface area contributed by atoms with Crippen molar-refractivity contribution in [3.8, 4) is 0 Å². The molecule has 0 radical (unpaired) electrons. The highest BCUT2D eigenvalue weighted by atomic mass is 32.2. The highest BCUT2D eigenvalue weighted by molar-refractivity contribution is 7.93. The van der Waals surface area contributed by atoms with E-state index in [1.54, 1.807) is 11.8 Å². The Morgan fingerprint density at radius 1 is 1.45 bits per heavy atom. The van der Waals surface area contributed by atoms with Crippen molar-refractivity contribution in [1.82, 2.24) is 9.62 Å². The summed E-state index contributed by atoms with van der Waals surface area (Å²) in [7, 11) is -3.61. The van der Waals surface area contributed by atoms with E-state index in [2.05, 4.69) is 4.72 Å². The zero-order valence-corrected chi connectivity index (χ0v) is 13.1. The smallest absolute Gasteiger partial charge is 0.224 e. The van der Waals surface area contributed by atoms with E-state index in [1.807, 2.05) is 0 Å². The minimum Gasteiger partial charge on any atom is -0.392 e. The number of carbonyl (C=O) groups excluding carboxylic acids is 1. The predicted octanol–water partition coefficient (Wildman–Crippen LogP) is -0.781. The predicted molar refractivity (Wildman–Crippen MR) is 79.8 cm³/mol. The number of thiocarbonyl (C=S) groups is 1. The van der Waals surface area contributed by atoms with Gasteiger partial charge in [-0.2, -0.15) is 0 Å². The Hall–Kier alpha value is -0.770. The fourth-order valence-corrected chi connectivity index (χ4v) is 3.82. The highest BCUT2D eigenvalue weighted by Gasteiger charge is 2.26. The molecule has 1 rings (SSSR count). The van der Waals surface area contributed by atoms with E-state index in [0.29, 0.717) is 32.7 Å². The first-order valence-corrected chi connectivity index (χ1v) is 8.47. The van der Waals surface area contributed by atoms with E-state index in [9.17, 15) is 13.2 Å². The number of nitrogens with zero attached hydrogens (tertiary/aromatic N) is 1. The number of hydrogen-bond acceptors (Lipinski definition) is 5. The second kappa shape index (κ2) is 7.87. The van der Waals surface area contributed by atoms with Gasteiger partial charge in [-0.3, -0.25) is 4.79 Å². The van der Waals surface area contributed by atoms with Gasteiger partial charge in [-0.25, -0.2) is 13.1 Å². The third-order valence-corrected chi connectivity index (χ3v) is 5.45. The van der Waals surface area contributed by atoms with Crippen molar-refractivity contribution in [2.45, 2.75) is 25.0 Å². The van der Waals surface area contributed by atoms with Crippen molar-refractivity contribution < 1.29 is 17.9 Å². The number of sulfonamides is 1. The number of morpholine rings is 1. The summed E-state index contributed by atoms with van der Waals surface area (Å²) < 4.78 is 31.4. The number of hydrogen-bond donors (Lipinski definition) is 2. The molecule has 1 amide bonds. The fourth-order valence-electron chi connectivity index (χ4n) is 1.95. The monoisotopic (exact) mass is 323 g/mol. The molecule has 1 saturated heterocycles. The van der Waals surface area contributed by atoms with Crippen molar-refractivity contribution in [3.05, 3.63) is 0 Å². The summed E-state index contributed by atoms with van der Waals surface area (Å²) in [6.45, 7) is 3.90. The number of rotatable bonds is 7. The molecule has 0 bridgehead atoms. The van der Waals surface area contributed by atoms with Gasteiger partial charge < -0.3 is 15.4 Å². The molecule has 1 unspecified atom stereocenters. The van der Waals surface area contributed by atoms with E-state index in [-0.39, 0.29) is 23.9 Å². The van der Waals surface area contributed by atoms with E-state index >= 15 is 0 Å². The van der Waals surface area contributed by atoms with Crippen LogP contribution in [0.5, 0.6) is 0 Å². The van der Waals surface area contributed by atoms with Crippen LogP contribution in [-0.4, -0.2) is 62.3 Å². The summed E-state index contributed by atoms with van der Waals surface area (Å²) in [4.78, 5) is 13.5. The van der Waals surface area contributed by atoms with E-state index < -0.39 is 15.3 Å². The van der Waals surface area contributed by atoms with Crippen molar-refractivity contribution in [2.75, 3.05) is 32.8 Å². The molecule has 1 fully saturated rings. The molecule has 0 spiro atoms. The first kappa shape index (κ1) is 17.3. The molecule has 1 aliphatic rings. The molecule has 0 saturated carbocycles. The number of nitrogens with two attached hydrogens (primary N) is 1. The molecule has 1 heterocycles. The second-order valence-corrected chi connectivity index (χ2v) is 6.90. The van der Waals surface area contributed by atoms with Gasteiger partial charge in [-0.15, -0.1) is 0 Å². The first-order chi connectivity index (χ1) is 9.38.